The number of para-hydroxylation sites is 1. The molecule has 0 bridgehead atoms. The van der Waals surface area contributed by atoms with Crippen LogP contribution in [-0.2, 0) is 5.88 Å². The van der Waals surface area contributed by atoms with E-state index in [1.165, 1.54) is 15.3 Å². The van der Waals surface area contributed by atoms with E-state index in [4.69, 9.17) is 11.6 Å². The van der Waals surface area contributed by atoms with Gasteiger partial charge in [0.15, 0.2) is 0 Å². The van der Waals surface area contributed by atoms with Gasteiger partial charge in [-0.15, -0.1) is 34.3 Å². The first-order valence-electron chi connectivity index (χ1n) is 8.29. The number of aromatic nitrogens is 2. The van der Waals surface area contributed by atoms with Gasteiger partial charge in [0, 0.05) is 22.5 Å². The molecule has 0 fully saturated rings. The van der Waals surface area contributed by atoms with Crippen LogP contribution in [0.15, 0.2) is 52.2 Å². The Balaban J connectivity index is 1.76. The molecule has 0 aliphatic rings. The molecule has 4 rings (SSSR count). The van der Waals surface area contributed by atoms with Crippen LogP contribution in [0.1, 0.15) is 18.7 Å². The van der Waals surface area contributed by atoms with Gasteiger partial charge in [0.1, 0.15) is 5.01 Å². The van der Waals surface area contributed by atoms with Crippen LogP contribution in [0, 0.1) is 0 Å². The number of thiophene rings is 1. The summed E-state index contributed by atoms with van der Waals surface area (Å²) in [6.45, 7) is 4.44. The first kappa shape index (κ1) is 17.9. The normalized spacial score (nSPS) is 11.5. The molecule has 0 saturated heterocycles. The number of fused-ring (bicyclic) bond motifs is 1. The van der Waals surface area contributed by atoms with E-state index in [2.05, 4.69) is 69.9 Å². The molecule has 134 valence electrons. The maximum atomic E-state index is 5.93. The fourth-order valence-corrected chi connectivity index (χ4v) is 5.57. The molecular weight excluding hydrogens is 402 g/mol. The molecule has 0 spiro atoms. The third kappa shape index (κ3) is 3.51. The van der Waals surface area contributed by atoms with Crippen LogP contribution >= 0.6 is 46.2 Å². The molecular formula is C19H18ClN3S3. The third-order valence-electron chi connectivity index (χ3n) is 3.94. The second kappa shape index (κ2) is 7.64. The highest BCUT2D eigenvalue weighted by Crippen LogP contribution is 2.39. The standard InChI is InChI=1S/C19H18ClN3S3/c1-12(2)23(26-17-7-4-8-24-17)16-6-3-5-13-9-15(22-18(13)16)19-21-11-14(10-20)25-19/h3-9,11-12,22H,10H2,1-2H3. The molecule has 3 aromatic heterocycles. The number of H-pyrrole nitrogens is 1. The Kier molecular flexibility index (Phi) is 5.27. The SMILES string of the molecule is CC(C)N(Sc1cccs1)c1cccc2cc(-c3ncc(CCl)s3)[nH]c12. The number of aromatic amines is 1. The van der Waals surface area contributed by atoms with Gasteiger partial charge in [-0.05, 0) is 49.4 Å². The molecule has 1 aromatic carbocycles. The van der Waals surface area contributed by atoms with Crippen LogP contribution in [0.3, 0.4) is 0 Å². The molecule has 7 heteroatoms. The Morgan fingerprint density at radius 2 is 2.15 bits per heavy atom. The predicted octanol–water partition coefficient (Wildman–Crippen LogP) is 7.01. The zero-order valence-corrected chi connectivity index (χ0v) is 17.6. The van der Waals surface area contributed by atoms with Crippen molar-refractivity contribution in [3.8, 4) is 10.7 Å². The second-order valence-corrected chi connectivity index (χ2v) is 9.74. The largest absolute Gasteiger partial charge is 0.351 e. The molecule has 0 aliphatic heterocycles. The maximum absolute atomic E-state index is 5.93. The van der Waals surface area contributed by atoms with Crippen molar-refractivity contribution in [2.75, 3.05) is 4.31 Å². The summed E-state index contributed by atoms with van der Waals surface area (Å²) < 4.78 is 3.65. The van der Waals surface area contributed by atoms with Crippen molar-refractivity contribution < 1.29 is 0 Å². The lowest BCUT2D eigenvalue weighted by Gasteiger charge is -2.27. The number of nitrogens with one attached hydrogen (secondary N) is 1. The first-order chi connectivity index (χ1) is 12.7. The van der Waals surface area contributed by atoms with Gasteiger partial charge >= 0.3 is 0 Å². The van der Waals surface area contributed by atoms with Gasteiger partial charge in [-0.25, -0.2) is 4.98 Å². The third-order valence-corrected chi connectivity index (χ3v) is 7.72. The summed E-state index contributed by atoms with van der Waals surface area (Å²) in [6.07, 6.45) is 1.85. The summed E-state index contributed by atoms with van der Waals surface area (Å²) in [7, 11) is 0. The van der Waals surface area contributed by atoms with Crippen molar-refractivity contribution in [3.05, 3.63) is 52.9 Å². The topological polar surface area (TPSA) is 31.9 Å². The van der Waals surface area contributed by atoms with E-state index in [0.717, 1.165) is 21.1 Å². The summed E-state index contributed by atoms with van der Waals surface area (Å²) in [5.41, 5.74) is 3.37. The highest BCUT2D eigenvalue weighted by Gasteiger charge is 2.18. The highest BCUT2D eigenvalue weighted by atomic mass is 35.5. The number of hydrogen-bond acceptors (Lipinski definition) is 5. The molecule has 0 saturated carbocycles. The number of anilines is 1. The lowest BCUT2D eigenvalue weighted by molar-refractivity contribution is 0.838. The van der Waals surface area contributed by atoms with Gasteiger partial charge in [0.25, 0.3) is 0 Å². The fourth-order valence-electron chi connectivity index (χ4n) is 2.78. The van der Waals surface area contributed by atoms with Gasteiger partial charge in [-0.1, -0.05) is 18.2 Å². The van der Waals surface area contributed by atoms with Crippen LogP contribution in [0.2, 0.25) is 0 Å². The monoisotopic (exact) mass is 419 g/mol. The van der Waals surface area contributed by atoms with Crippen LogP contribution in [0.5, 0.6) is 0 Å². The number of alkyl halides is 1. The van der Waals surface area contributed by atoms with Gasteiger partial charge in [0.05, 0.1) is 27.0 Å². The fraction of sp³-hybridized carbons (Fsp3) is 0.211. The van der Waals surface area contributed by atoms with Crippen molar-refractivity contribution in [2.24, 2.45) is 0 Å². The van der Waals surface area contributed by atoms with Gasteiger partial charge in [-0.2, -0.15) is 0 Å². The number of nitrogens with zero attached hydrogens (tertiary/aromatic N) is 2. The Morgan fingerprint density at radius 3 is 2.85 bits per heavy atom. The Bertz CT molecular complexity index is 1000. The van der Waals surface area contributed by atoms with Crippen LogP contribution in [0.25, 0.3) is 21.6 Å². The van der Waals surface area contributed by atoms with Crippen LogP contribution < -0.4 is 4.31 Å². The summed E-state index contributed by atoms with van der Waals surface area (Å²) in [6, 6.07) is 13.2. The van der Waals surface area contributed by atoms with Gasteiger partial charge in [0.2, 0.25) is 0 Å². The average molecular weight is 420 g/mol. The zero-order chi connectivity index (χ0) is 18.1. The summed E-state index contributed by atoms with van der Waals surface area (Å²) in [5, 5.41) is 4.29. The molecule has 3 nitrogen and oxygen atoms in total. The lowest BCUT2D eigenvalue weighted by Crippen LogP contribution is -2.23. The van der Waals surface area contributed by atoms with Crippen molar-refractivity contribution >= 4 is 62.8 Å². The molecule has 0 radical (unpaired) electrons. The maximum Gasteiger partial charge on any atom is 0.139 e. The van der Waals surface area contributed by atoms with Crippen LogP contribution in [-0.4, -0.2) is 16.0 Å². The number of benzene rings is 1. The Hall–Kier alpha value is -1.47. The minimum atomic E-state index is 0.363. The number of halogens is 1. The Morgan fingerprint density at radius 1 is 1.27 bits per heavy atom. The summed E-state index contributed by atoms with van der Waals surface area (Å²) in [4.78, 5) is 9.18. The minimum Gasteiger partial charge on any atom is -0.351 e. The van der Waals surface area contributed by atoms with E-state index in [1.54, 1.807) is 34.6 Å². The number of rotatable bonds is 6. The van der Waals surface area contributed by atoms with Crippen molar-refractivity contribution in [2.45, 2.75) is 30.0 Å². The first-order valence-corrected chi connectivity index (χ1v) is 11.3. The molecule has 0 unspecified atom stereocenters. The summed E-state index contributed by atoms with van der Waals surface area (Å²) >= 11 is 11.1. The van der Waals surface area contributed by atoms with Crippen molar-refractivity contribution in [1.29, 1.82) is 0 Å². The minimum absolute atomic E-state index is 0.363. The number of hydrogen-bond donors (Lipinski definition) is 1. The van der Waals surface area contributed by atoms with Crippen molar-refractivity contribution in [1.82, 2.24) is 9.97 Å². The van der Waals surface area contributed by atoms with E-state index in [-0.39, 0.29) is 0 Å². The van der Waals surface area contributed by atoms with E-state index < -0.39 is 0 Å². The smallest absolute Gasteiger partial charge is 0.139 e. The average Bonchev–Trinajstić information content (AvgIpc) is 3.38. The van der Waals surface area contributed by atoms with Crippen LogP contribution in [0.4, 0.5) is 5.69 Å². The molecule has 0 amide bonds. The Labute approximate surface area is 170 Å². The molecule has 3 heterocycles. The van der Waals surface area contributed by atoms with E-state index in [1.807, 2.05) is 6.20 Å². The molecule has 0 atom stereocenters. The summed E-state index contributed by atoms with van der Waals surface area (Å²) in [5.74, 6) is 0.502. The zero-order valence-electron chi connectivity index (χ0n) is 14.4. The highest BCUT2D eigenvalue weighted by molar-refractivity contribution is 8.02. The van der Waals surface area contributed by atoms with Gasteiger partial charge < -0.3 is 9.29 Å². The molecule has 1 N–H and O–H groups in total. The lowest BCUT2D eigenvalue weighted by atomic mass is 10.2. The predicted molar refractivity (Wildman–Crippen MR) is 117 cm³/mol. The van der Waals surface area contributed by atoms with Gasteiger partial charge in [-0.3, -0.25) is 0 Å². The number of thiazole rings is 1. The van der Waals surface area contributed by atoms with E-state index in [0.29, 0.717) is 11.9 Å². The van der Waals surface area contributed by atoms with Crippen molar-refractivity contribution in [3.63, 3.8) is 0 Å². The second-order valence-electron chi connectivity index (χ2n) is 6.13. The van der Waals surface area contributed by atoms with E-state index in [9.17, 15) is 0 Å². The molecule has 0 aliphatic carbocycles. The van der Waals surface area contributed by atoms with E-state index >= 15 is 0 Å². The molecule has 4 aromatic rings. The quantitative estimate of drug-likeness (QED) is 0.269. The molecule has 26 heavy (non-hydrogen) atoms.